The van der Waals surface area contributed by atoms with Crippen molar-refractivity contribution in [2.24, 2.45) is 0 Å². The molecule has 26 heavy (non-hydrogen) atoms. The predicted octanol–water partition coefficient (Wildman–Crippen LogP) is 4.59. The Bertz CT molecular complexity index is 880. The highest BCUT2D eigenvalue weighted by molar-refractivity contribution is 7.80. The predicted molar refractivity (Wildman–Crippen MR) is 111 cm³/mol. The second-order valence-electron chi connectivity index (χ2n) is 5.79. The number of para-hydroxylation sites is 1. The van der Waals surface area contributed by atoms with Crippen molar-refractivity contribution in [1.82, 2.24) is 10.2 Å². The molecule has 0 aliphatic carbocycles. The van der Waals surface area contributed by atoms with Crippen molar-refractivity contribution in [1.29, 1.82) is 0 Å². The van der Waals surface area contributed by atoms with Gasteiger partial charge >= 0.3 is 0 Å². The van der Waals surface area contributed by atoms with Gasteiger partial charge in [-0.2, -0.15) is 0 Å². The zero-order valence-corrected chi connectivity index (χ0v) is 16.3. The van der Waals surface area contributed by atoms with Crippen LogP contribution in [-0.2, 0) is 6.42 Å². The van der Waals surface area contributed by atoms with E-state index >= 15 is 0 Å². The summed E-state index contributed by atoms with van der Waals surface area (Å²) in [5, 5.41) is 16.5. The largest absolute Gasteiger partial charge is 0.493 e. The fourth-order valence-corrected chi connectivity index (χ4v) is 3.25. The fourth-order valence-electron chi connectivity index (χ4n) is 2.25. The van der Waals surface area contributed by atoms with Crippen LogP contribution in [0.5, 0.6) is 5.75 Å². The Balaban J connectivity index is 1.47. The van der Waals surface area contributed by atoms with Crippen molar-refractivity contribution in [3.8, 4) is 5.75 Å². The summed E-state index contributed by atoms with van der Waals surface area (Å²) in [7, 11) is 0. The van der Waals surface area contributed by atoms with Gasteiger partial charge in [0.15, 0.2) is 5.11 Å². The molecule has 0 saturated carbocycles. The van der Waals surface area contributed by atoms with Gasteiger partial charge in [-0.05, 0) is 61.5 Å². The van der Waals surface area contributed by atoms with Crippen molar-refractivity contribution >= 4 is 39.5 Å². The van der Waals surface area contributed by atoms with Gasteiger partial charge in [-0.25, -0.2) is 0 Å². The number of nitrogens with one attached hydrogen (secondary N) is 2. The Morgan fingerprint density at radius 2 is 1.85 bits per heavy atom. The monoisotopic (exact) mass is 384 g/mol. The summed E-state index contributed by atoms with van der Waals surface area (Å²) in [5.41, 5.74) is 3.41. The maximum absolute atomic E-state index is 5.80. The number of hydrogen-bond donors (Lipinski definition) is 2. The fraction of sp³-hybridized carbons (Fsp3) is 0.211. The van der Waals surface area contributed by atoms with Crippen molar-refractivity contribution in [3.05, 3.63) is 64.7 Å². The molecular formula is C19H20N4OS2. The number of hydrogen-bond acceptors (Lipinski definition) is 5. The second-order valence-corrected chi connectivity index (χ2v) is 7.26. The van der Waals surface area contributed by atoms with Crippen LogP contribution in [0.4, 0.5) is 10.8 Å². The summed E-state index contributed by atoms with van der Waals surface area (Å²) in [6.45, 7) is 4.73. The van der Waals surface area contributed by atoms with E-state index in [9.17, 15) is 0 Å². The topological polar surface area (TPSA) is 59.1 Å². The van der Waals surface area contributed by atoms with Crippen LogP contribution in [0.15, 0.2) is 48.5 Å². The summed E-state index contributed by atoms with van der Waals surface area (Å²) >= 11 is 6.76. The standard InChI is InChI=1S/C19H20N4OS2/c1-13-8-9-16(12-14(13)2)24-11-10-17-22-23-19(26-17)21-18(25)20-15-6-4-3-5-7-15/h3-9,12H,10-11H2,1-2H3,(H2,20,21,23,25). The van der Waals surface area contributed by atoms with Gasteiger partial charge in [-0.15, -0.1) is 10.2 Å². The summed E-state index contributed by atoms with van der Waals surface area (Å²) in [4.78, 5) is 0. The number of benzene rings is 2. The lowest BCUT2D eigenvalue weighted by molar-refractivity contribution is 0.321. The molecule has 1 aromatic heterocycles. The van der Waals surface area contributed by atoms with E-state index in [0.717, 1.165) is 16.4 Å². The number of aromatic nitrogens is 2. The molecule has 0 aliphatic rings. The van der Waals surface area contributed by atoms with Gasteiger partial charge in [0, 0.05) is 12.1 Å². The van der Waals surface area contributed by atoms with E-state index in [2.05, 4.69) is 46.8 Å². The third-order valence-electron chi connectivity index (χ3n) is 3.78. The van der Waals surface area contributed by atoms with Gasteiger partial charge in [0.1, 0.15) is 10.8 Å². The zero-order valence-electron chi connectivity index (χ0n) is 14.7. The molecule has 2 N–H and O–H groups in total. The van der Waals surface area contributed by atoms with Crippen LogP contribution in [0, 0.1) is 13.8 Å². The molecule has 134 valence electrons. The van der Waals surface area contributed by atoms with Crippen LogP contribution in [-0.4, -0.2) is 21.9 Å². The van der Waals surface area contributed by atoms with Crippen LogP contribution in [0.2, 0.25) is 0 Å². The molecule has 3 rings (SSSR count). The average Bonchev–Trinajstić information content (AvgIpc) is 3.06. The molecule has 2 aromatic carbocycles. The van der Waals surface area contributed by atoms with E-state index in [1.165, 1.54) is 22.5 Å². The highest BCUT2D eigenvalue weighted by atomic mass is 32.1. The first-order chi connectivity index (χ1) is 12.6. The Hall–Kier alpha value is -2.51. The molecule has 0 atom stereocenters. The Morgan fingerprint density at radius 3 is 2.62 bits per heavy atom. The molecule has 7 heteroatoms. The molecule has 0 amide bonds. The first kappa shape index (κ1) is 18.3. The van der Waals surface area contributed by atoms with E-state index in [0.29, 0.717) is 23.3 Å². The van der Waals surface area contributed by atoms with Gasteiger partial charge in [-0.3, -0.25) is 0 Å². The van der Waals surface area contributed by atoms with Gasteiger partial charge in [0.05, 0.1) is 6.61 Å². The van der Waals surface area contributed by atoms with Gasteiger partial charge < -0.3 is 15.4 Å². The number of ether oxygens (including phenoxy) is 1. The Labute approximate surface area is 162 Å². The zero-order chi connectivity index (χ0) is 18.4. The molecule has 0 radical (unpaired) electrons. The van der Waals surface area contributed by atoms with E-state index in [-0.39, 0.29) is 0 Å². The number of aryl methyl sites for hydroxylation is 2. The normalized spacial score (nSPS) is 10.4. The first-order valence-electron chi connectivity index (χ1n) is 8.25. The van der Waals surface area contributed by atoms with E-state index in [1.54, 1.807) is 0 Å². The maximum Gasteiger partial charge on any atom is 0.211 e. The second kappa shape index (κ2) is 8.73. The molecule has 3 aromatic rings. The van der Waals surface area contributed by atoms with E-state index < -0.39 is 0 Å². The summed E-state index contributed by atoms with van der Waals surface area (Å²) < 4.78 is 5.80. The quantitative estimate of drug-likeness (QED) is 0.607. The number of thiocarbonyl (C=S) groups is 1. The van der Waals surface area contributed by atoms with Crippen LogP contribution in [0.3, 0.4) is 0 Å². The number of anilines is 2. The van der Waals surface area contributed by atoms with Gasteiger partial charge in [0.2, 0.25) is 5.13 Å². The minimum Gasteiger partial charge on any atom is -0.493 e. The minimum absolute atomic E-state index is 0.491. The van der Waals surface area contributed by atoms with Crippen molar-refractivity contribution in [3.63, 3.8) is 0 Å². The highest BCUT2D eigenvalue weighted by Crippen LogP contribution is 2.19. The Kier molecular flexibility index (Phi) is 6.14. The number of nitrogens with zero attached hydrogens (tertiary/aromatic N) is 2. The van der Waals surface area contributed by atoms with Crippen molar-refractivity contribution in [2.45, 2.75) is 20.3 Å². The SMILES string of the molecule is Cc1ccc(OCCc2nnc(NC(=S)Nc3ccccc3)s2)cc1C. The summed E-state index contributed by atoms with van der Waals surface area (Å²) in [6, 6.07) is 15.9. The smallest absolute Gasteiger partial charge is 0.211 e. The van der Waals surface area contributed by atoms with Crippen LogP contribution in [0.1, 0.15) is 16.1 Å². The van der Waals surface area contributed by atoms with Crippen LogP contribution >= 0.6 is 23.6 Å². The molecule has 0 fully saturated rings. The summed E-state index contributed by atoms with van der Waals surface area (Å²) in [6.07, 6.45) is 0.700. The number of rotatable bonds is 6. The van der Waals surface area contributed by atoms with Crippen molar-refractivity contribution < 1.29 is 4.74 Å². The van der Waals surface area contributed by atoms with Gasteiger partial charge in [-0.1, -0.05) is 35.6 Å². The molecule has 1 heterocycles. The lowest BCUT2D eigenvalue weighted by Gasteiger charge is -2.07. The molecule has 0 aliphatic heterocycles. The van der Waals surface area contributed by atoms with Crippen LogP contribution < -0.4 is 15.4 Å². The minimum atomic E-state index is 0.491. The van der Waals surface area contributed by atoms with E-state index in [4.69, 9.17) is 17.0 Å². The molecule has 0 bridgehead atoms. The van der Waals surface area contributed by atoms with Gasteiger partial charge in [0.25, 0.3) is 0 Å². The average molecular weight is 385 g/mol. The first-order valence-corrected chi connectivity index (χ1v) is 9.48. The van der Waals surface area contributed by atoms with E-state index in [1.807, 2.05) is 36.4 Å². The lowest BCUT2D eigenvalue weighted by atomic mass is 10.1. The molecule has 0 spiro atoms. The molecule has 0 unspecified atom stereocenters. The maximum atomic E-state index is 5.80. The third-order valence-corrected chi connectivity index (χ3v) is 4.88. The Morgan fingerprint density at radius 1 is 1.04 bits per heavy atom. The highest BCUT2D eigenvalue weighted by Gasteiger charge is 2.07. The summed E-state index contributed by atoms with van der Waals surface area (Å²) in [5.74, 6) is 0.879. The molecule has 0 saturated heterocycles. The van der Waals surface area contributed by atoms with Crippen LogP contribution in [0.25, 0.3) is 0 Å². The molecule has 5 nitrogen and oxygen atoms in total. The molecular weight excluding hydrogens is 364 g/mol. The lowest BCUT2D eigenvalue weighted by Crippen LogP contribution is -2.18. The van der Waals surface area contributed by atoms with Crippen molar-refractivity contribution in [2.75, 3.05) is 17.2 Å². The third kappa shape index (κ3) is 5.24.